The van der Waals surface area contributed by atoms with Crippen molar-refractivity contribution in [3.05, 3.63) is 84.4 Å². The topological polar surface area (TPSA) is 78.9 Å². The molecule has 0 spiro atoms. The third kappa shape index (κ3) is 10.3. The van der Waals surface area contributed by atoms with E-state index in [-0.39, 0.29) is 34.1 Å². The van der Waals surface area contributed by atoms with E-state index in [2.05, 4.69) is 95.3 Å². The first-order valence-corrected chi connectivity index (χ1v) is 21.9. The van der Waals surface area contributed by atoms with Crippen LogP contribution in [0.3, 0.4) is 0 Å². The number of sulfone groups is 1. The summed E-state index contributed by atoms with van der Waals surface area (Å²) in [5.74, 6) is 0.188. The molecule has 0 unspecified atom stereocenters. The molecule has 1 saturated carbocycles. The second-order valence-corrected chi connectivity index (χ2v) is 21.2. The molecule has 1 aliphatic carbocycles. The van der Waals surface area contributed by atoms with Crippen molar-refractivity contribution in [1.82, 2.24) is 0 Å². The zero-order valence-electron chi connectivity index (χ0n) is 30.6. The quantitative estimate of drug-likeness (QED) is 0.104. The largest absolute Gasteiger partial charge is 0.489 e. The van der Waals surface area contributed by atoms with Gasteiger partial charge in [-0.25, -0.2) is 8.42 Å². The van der Waals surface area contributed by atoms with Gasteiger partial charge in [0.25, 0.3) is 8.32 Å². The molecule has 0 heterocycles. The molecule has 0 radical (unpaired) electrons. The van der Waals surface area contributed by atoms with E-state index in [0.717, 1.165) is 56.9 Å². The van der Waals surface area contributed by atoms with Crippen molar-refractivity contribution < 1.29 is 27.1 Å². The molecule has 3 aromatic rings. The second-order valence-electron chi connectivity index (χ2n) is 14.9. The summed E-state index contributed by atoms with van der Waals surface area (Å²) in [6, 6.07) is 26.6. The van der Waals surface area contributed by atoms with Gasteiger partial charge in [0.05, 0.1) is 24.9 Å². The van der Waals surface area contributed by atoms with Gasteiger partial charge in [0.2, 0.25) is 0 Å². The summed E-state index contributed by atoms with van der Waals surface area (Å²) >= 11 is 0. The maximum atomic E-state index is 13.6. The Kier molecular flexibility index (Phi) is 14.1. The van der Waals surface area contributed by atoms with E-state index in [4.69, 9.17) is 13.9 Å². The summed E-state index contributed by atoms with van der Waals surface area (Å²) in [5, 5.41) is 2.42. The van der Waals surface area contributed by atoms with Crippen LogP contribution < -0.4 is 15.1 Å². The minimum atomic E-state index is -3.78. The number of carbonyl (C=O) groups excluding carboxylic acids is 1. The first-order valence-electron chi connectivity index (χ1n) is 18.3. The third-order valence-electron chi connectivity index (χ3n) is 10.0. The summed E-state index contributed by atoms with van der Waals surface area (Å²) in [5.41, 5.74) is 0.924. The number of hydrogen-bond acceptors (Lipinski definition) is 6. The normalized spacial score (nSPS) is 17.8. The number of aryl methyl sites for hydroxylation is 1. The van der Waals surface area contributed by atoms with Crippen molar-refractivity contribution in [2.75, 3.05) is 19.0 Å². The van der Waals surface area contributed by atoms with Crippen LogP contribution in [0.1, 0.15) is 98.0 Å². The minimum absolute atomic E-state index is 0.107. The molecular formula is C41H58O6SSi. The maximum Gasteiger partial charge on any atom is 0.306 e. The zero-order chi connectivity index (χ0) is 35.5. The van der Waals surface area contributed by atoms with Gasteiger partial charge in [0.15, 0.2) is 9.84 Å². The molecule has 0 amide bonds. The van der Waals surface area contributed by atoms with Crippen LogP contribution in [0.5, 0.6) is 5.75 Å². The van der Waals surface area contributed by atoms with Crippen molar-refractivity contribution in [2.45, 2.75) is 115 Å². The Morgan fingerprint density at radius 2 is 1.59 bits per heavy atom. The zero-order valence-corrected chi connectivity index (χ0v) is 32.4. The number of benzene rings is 3. The minimum Gasteiger partial charge on any atom is -0.489 e. The van der Waals surface area contributed by atoms with E-state index < -0.39 is 24.1 Å². The average Bonchev–Trinajstić information content (AvgIpc) is 3.08. The van der Waals surface area contributed by atoms with Crippen LogP contribution in [-0.2, 0) is 23.8 Å². The Bertz CT molecular complexity index is 1530. The molecule has 0 bridgehead atoms. The molecule has 0 aromatic heterocycles. The fourth-order valence-electron chi connectivity index (χ4n) is 7.16. The van der Waals surface area contributed by atoms with Gasteiger partial charge in [0, 0.05) is 6.61 Å². The Labute approximate surface area is 297 Å². The highest BCUT2D eigenvalue weighted by Crippen LogP contribution is 2.39. The molecule has 1 aliphatic rings. The van der Waals surface area contributed by atoms with Crippen molar-refractivity contribution >= 4 is 34.5 Å². The molecule has 3 atom stereocenters. The molecule has 4 rings (SSSR count). The van der Waals surface area contributed by atoms with E-state index >= 15 is 0 Å². The highest BCUT2D eigenvalue weighted by atomic mass is 32.2. The van der Waals surface area contributed by atoms with Crippen molar-refractivity contribution in [3.63, 3.8) is 0 Å². The fraction of sp³-hybridized carbons (Fsp3) is 0.537. The smallest absolute Gasteiger partial charge is 0.306 e. The van der Waals surface area contributed by atoms with Crippen LogP contribution in [0.15, 0.2) is 83.8 Å². The molecule has 268 valence electrons. The van der Waals surface area contributed by atoms with E-state index in [0.29, 0.717) is 24.9 Å². The second kappa shape index (κ2) is 17.8. The lowest BCUT2D eigenvalue weighted by Crippen LogP contribution is -2.67. The number of carbonyl (C=O) groups is 1. The number of ether oxygens (including phenoxy) is 2. The van der Waals surface area contributed by atoms with Crippen molar-refractivity contribution in [1.29, 1.82) is 0 Å². The average molecular weight is 707 g/mol. The fourth-order valence-corrected chi connectivity index (χ4v) is 13.1. The lowest BCUT2D eigenvalue weighted by atomic mass is 9.88. The summed E-state index contributed by atoms with van der Waals surface area (Å²) in [6.45, 7) is 14.0. The number of esters is 1. The monoisotopic (exact) mass is 706 g/mol. The van der Waals surface area contributed by atoms with Gasteiger partial charge >= 0.3 is 5.97 Å². The Hall–Kier alpha value is -2.94. The van der Waals surface area contributed by atoms with E-state index in [1.54, 1.807) is 12.1 Å². The summed E-state index contributed by atoms with van der Waals surface area (Å²) < 4.78 is 46.5. The van der Waals surface area contributed by atoms with Crippen molar-refractivity contribution in [2.24, 2.45) is 11.8 Å². The Morgan fingerprint density at radius 1 is 0.939 bits per heavy atom. The highest BCUT2D eigenvalue weighted by molar-refractivity contribution is 7.91. The van der Waals surface area contributed by atoms with Crippen LogP contribution in [0.2, 0.25) is 5.04 Å². The highest BCUT2D eigenvalue weighted by Gasteiger charge is 2.50. The molecule has 49 heavy (non-hydrogen) atoms. The molecule has 8 heteroatoms. The Morgan fingerprint density at radius 3 is 2.18 bits per heavy atom. The summed E-state index contributed by atoms with van der Waals surface area (Å²) in [7, 11) is -6.45. The molecule has 0 aliphatic heterocycles. The molecule has 0 saturated heterocycles. The van der Waals surface area contributed by atoms with Crippen LogP contribution in [0.4, 0.5) is 0 Å². The third-order valence-corrected chi connectivity index (χ3v) is 16.8. The number of hydrogen-bond donors (Lipinski definition) is 0. The summed E-state index contributed by atoms with van der Waals surface area (Å²) in [4.78, 5) is 12.7. The molecule has 1 fully saturated rings. The summed E-state index contributed by atoms with van der Waals surface area (Å²) in [6.07, 6.45) is 7.49. The predicted molar refractivity (Wildman–Crippen MR) is 202 cm³/mol. The van der Waals surface area contributed by atoms with Gasteiger partial charge in [-0.3, -0.25) is 4.79 Å². The lowest BCUT2D eigenvalue weighted by Gasteiger charge is -2.44. The van der Waals surface area contributed by atoms with Gasteiger partial charge in [-0.1, -0.05) is 121 Å². The molecule has 0 N–H and O–H groups in total. The standard InChI is InChI=1S/C41H58O6SSi/c1-7-9-17-33(8-2)30-45-40(42)26-27-48(43,44)39-25-24-32(3)28-38(39)47-35-19-16-18-34(29-35)31-46-49(41(4,5)6,36-20-12-10-13-21-36)37-22-14-11-15-23-37/h10-15,20-25,28,33-35H,7-9,16-19,26-27,29-31H2,1-6H3/t33-,34-,35+/m1/s1. The van der Waals surface area contributed by atoms with Gasteiger partial charge in [-0.15, -0.1) is 0 Å². The molecule has 3 aromatic carbocycles. The number of unbranched alkanes of at least 4 members (excludes halogenated alkanes) is 1. The van der Waals surface area contributed by atoms with Crippen LogP contribution >= 0.6 is 0 Å². The van der Waals surface area contributed by atoms with Crippen molar-refractivity contribution in [3.8, 4) is 5.75 Å². The lowest BCUT2D eigenvalue weighted by molar-refractivity contribution is -0.144. The SMILES string of the molecule is CCCC[C@@H](CC)COC(=O)CCS(=O)(=O)c1ccc(C)cc1O[C@H]1CCC[C@@H](CO[Si](c2ccccc2)(c2ccccc2)C(C)(C)C)C1. The first kappa shape index (κ1) is 38.9. The van der Waals surface area contributed by atoms with Gasteiger partial charge in [-0.2, -0.15) is 0 Å². The Balaban J connectivity index is 1.45. The van der Waals surface area contributed by atoms with Gasteiger partial charge < -0.3 is 13.9 Å². The van der Waals surface area contributed by atoms with E-state index in [9.17, 15) is 13.2 Å². The van der Waals surface area contributed by atoms with Crippen LogP contribution in [-0.4, -0.2) is 47.8 Å². The van der Waals surface area contributed by atoms with E-state index in [1.165, 1.54) is 10.4 Å². The van der Waals surface area contributed by atoms with Crippen LogP contribution in [0, 0.1) is 18.8 Å². The van der Waals surface area contributed by atoms with Gasteiger partial charge in [-0.05, 0) is 84.0 Å². The van der Waals surface area contributed by atoms with E-state index in [1.807, 2.05) is 13.0 Å². The molecule has 6 nitrogen and oxygen atoms in total. The predicted octanol–water partition coefficient (Wildman–Crippen LogP) is 8.43. The van der Waals surface area contributed by atoms with Crippen LogP contribution in [0.25, 0.3) is 0 Å². The number of rotatable bonds is 17. The van der Waals surface area contributed by atoms with Gasteiger partial charge in [0.1, 0.15) is 10.6 Å². The molecular weight excluding hydrogens is 649 g/mol. The maximum absolute atomic E-state index is 13.6. The first-order chi connectivity index (χ1) is 23.4.